The van der Waals surface area contributed by atoms with Gasteiger partial charge in [-0.1, -0.05) is 29.4 Å². The van der Waals surface area contributed by atoms with Crippen LogP contribution in [0.1, 0.15) is 18.1 Å². The van der Waals surface area contributed by atoms with Gasteiger partial charge in [-0.2, -0.15) is 0 Å². The minimum Gasteiger partial charge on any atom is -0.325 e. The van der Waals surface area contributed by atoms with Crippen molar-refractivity contribution in [1.29, 1.82) is 0 Å². The average Bonchev–Trinajstić information content (AvgIpc) is 2.35. The number of aryl methyl sites for hydroxylation is 1. The fourth-order valence-electron chi connectivity index (χ4n) is 1.16. The average molecular weight is 235 g/mol. The summed E-state index contributed by atoms with van der Waals surface area (Å²) in [5.41, 5.74) is 8.03. The summed E-state index contributed by atoms with van der Waals surface area (Å²) in [6.07, 6.45) is -0.582. The molecule has 0 saturated carbocycles. The number of nitrogens with one attached hydrogen (secondary N) is 1. The molecule has 1 rings (SSSR count). The van der Waals surface area contributed by atoms with E-state index in [1.54, 1.807) is 6.92 Å². The van der Waals surface area contributed by atoms with Gasteiger partial charge in [0.15, 0.2) is 0 Å². The number of oxime groups is 1. The molecule has 0 saturated heterocycles. The largest absolute Gasteiger partial charge is 0.433 e. The molecule has 0 aliphatic heterocycles. The zero-order valence-corrected chi connectivity index (χ0v) is 10.1. The summed E-state index contributed by atoms with van der Waals surface area (Å²) in [4.78, 5) is 15.9. The first-order chi connectivity index (χ1) is 8.13. The lowest BCUT2D eigenvalue weighted by Crippen LogP contribution is -2.23. The van der Waals surface area contributed by atoms with Crippen molar-refractivity contribution < 1.29 is 9.63 Å². The van der Waals surface area contributed by atoms with Gasteiger partial charge in [0.25, 0.3) is 0 Å². The van der Waals surface area contributed by atoms with Crippen LogP contribution in [0.15, 0.2) is 29.4 Å². The highest BCUT2D eigenvalue weighted by molar-refractivity contribution is 5.83. The first kappa shape index (κ1) is 13.2. The second-order valence-corrected chi connectivity index (χ2v) is 3.69. The summed E-state index contributed by atoms with van der Waals surface area (Å²) in [5, 5.41) is 6.17. The first-order valence-electron chi connectivity index (χ1n) is 5.36. The third kappa shape index (κ3) is 4.65. The minimum atomic E-state index is -0.582. The molecule has 0 unspecified atom stereocenters. The van der Waals surface area contributed by atoms with Crippen LogP contribution in [0.2, 0.25) is 0 Å². The van der Waals surface area contributed by atoms with E-state index in [0.29, 0.717) is 12.3 Å². The maximum Gasteiger partial charge on any atom is 0.433 e. The summed E-state index contributed by atoms with van der Waals surface area (Å²) in [5.74, 6) is 0. The lowest BCUT2D eigenvalue weighted by molar-refractivity contribution is 0.150. The maximum absolute atomic E-state index is 11.3. The number of nitrogens with zero attached hydrogens (tertiary/aromatic N) is 1. The number of nitrogens with two attached hydrogens (primary N) is 1. The second-order valence-electron chi connectivity index (χ2n) is 3.69. The Kier molecular flexibility index (Phi) is 5.16. The highest BCUT2D eigenvalue weighted by Gasteiger charge is 2.03. The number of carbonyl (C=O) groups excluding carboxylic acids is 1. The molecule has 3 N–H and O–H groups in total. The fraction of sp³-hybridized carbons (Fsp3) is 0.333. The Labute approximate surface area is 101 Å². The number of benzene rings is 1. The molecule has 0 fully saturated rings. The van der Waals surface area contributed by atoms with E-state index in [4.69, 9.17) is 5.73 Å². The zero-order valence-electron chi connectivity index (χ0n) is 10.1. The molecule has 0 atom stereocenters. The van der Waals surface area contributed by atoms with Crippen molar-refractivity contribution in [2.24, 2.45) is 10.9 Å². The number of rotatable bonds is 4. The third-order valence-electron chi connectivity index (χ3n) is 2.26. The SMILES string of the molecule is CC(CN)=NOC(=O)NCc1ccccc1C. The Bertz CT molecular complexity index is 416. The van der Waals surface area contributed by atoms with Crippen LogP contribution in [0.5, 0.6) is 0 Å². The molecule has 1 amide bonds. The van der Waals surface area contributed by atoms with Crippen LogP contribution in [-0.2, 0) is 11.4 Å². The van der Waals surface area contributed by atoms with E-state index in [-0.39, 0.29) is 6.54 Å². The van der Waals surface area contributed by atoms with E-state index in [9.17, 15) is 4.79 Å². The third-order valence-corrected chi connectivity index (χ3v) is 2.26. The normalized spacial score (nSPS) is 11.1. The number of hydrogen-bond acceptors (Lipinski definition) is 4. The van der Waals surface area contributed by atoms with Crippen molar-refractivity contribution in [3.05, 3.63) is 35.4 Å². The monoisotopic (exact) mass is 235 g/mol. The molecule has 17 heavy (non-hydrogen) atoms. The van der Waals surface area contributed by atoms with Gasteiger partial charge in [0.05, 0.1) is 5.71 Å². The van der Waals surface area contributed by atoms with Crippen molar-refractivity contribution >= 4 is 11.8 Å². The molecule has 0 aromatic heterocycles. The van der Waals surface area contributed by atoms with Gasteiger partial charge in [0, 0.05) is 13.1 Å². The van der Waals surface area contributed by atoms with Gasteiger partial charge in [0.2, 0.25) is 0 Å². The summed E-state index contributed by atoms with van der Waals surface area (Å²) >= 11 is 0. The van der Waals surface area contributed by atoms with Crippen LogP contribution < -0.4 is 11.1 Å². The molecule has 92 valence electrons. The molecule has 0 aliphatic rings. The standard InChI is InChI=1S/C12H17N3O2/c1-9-5-3-4-6-11(9)8-14-12(16)17-15-10(2)7-13/h3-6H,7-8,13H2,1-2H3,(H,14,16). The van der Waals surface area contributed by atoms with Gasteiger partial charge < -0.3 is 11.1 Å². The van der Waals surface area contributed by atoms with Crippen LogP contribution >= 0.6 is 0 Å². The molecule has 0 aliphatic carbocycles. The van der Waals surface area contributed by atoms with Crippen molar-refractivity contribution in [2.75, 3.05) is 6.54 Å². The van der Waals surface area contributed by atoms with Gasteiger partial charge in [-0.25, -0.2) is 4.79 Å². The second kappa shape index (κ2) is 6.65. The predicted octanol–water partition coefficient (Wildman–Crippen LogP) is 1.56. The lowest BCUT2D eigenvalue weighted by atomic mass is 10.1. The molecule has 5 heteroatoms. The zero-order chi connectivity index (χ0) is 12.7. The highest BCUT2D eigenvalue weighted by atomic mass is 16.7. The molecular weight excluding hydrogens is 218 g/mol. The van der Waals surface area contributed by atoms with E-state index >= 15 is 0 Å². The lowest BCUT2D eigenvalue weighted by Gasteiger charge is -2.06. The van der Waals surface area contributed by atoms with E-state index in [1.807, 2.05) is 31.2 Å². The van der Waals surface area contributed by atoms with Crippen LogP contribution in [0.25, 0.3) is 0 Å². The van der Waals surface area contributed by atoms with Gasteiger partial charge in [0.1, 0.15) is 0 Å². The van der Waals surface area contributed by atoms with E-state index in [1.165, 1.54) is 0 Å². The van der Waals surface area contributed by atoms with Crippen molar-refractivity contribution in [1.82, 2.24) is 5.32 Å². The van der Waals surface area contributed by atoms with Crippen molar-refractivity contribution in [2.45, 2.75) is 20.4 Å². The Morgan fingerprint density at radius 3 is 2.82 bits per heavy atom. The maximum atomic E-state index is 11.3. The number of hydrogen-bond donors (Lipinski definition) is 2. The van der Waals surface area contributed by atoms with Crippen LogP contribution in [0, 0.1) is 6.92 Å². The Hall–Kier alpha value is -1.88. The summed E-state index contributed by atoms with van der Waals surface area (Å²) in [6.45, 7) is 4.36. The topological polar surface area (TPSA) is 76.7 Å². The van der Waals surface area contributed by atoms with Crippen molar-refractivity contribution in [3.8, 4) is 0 Å². The summed E-state index contributed by atoms with van der Waals surface area (Å²) in [7, 11) is 0. The van der Waals surface area contributed by atoms with Crippen LogP contribution in [0.4, 0.5) is 4.79 Å². The fourth-order valence-corrected chi connectivity index (χ4v) is 1.16. The molecule has 0 bridgehead atoms. The molecule has 5 nitrogen and oxygen atoms in total. The molecule has 1 aromatic carbocycles. The first-order valence-corrected chi connectivity index (χ1v) is 5.36. The minimum absolute atomic E-state index is 0.269. The van der Waals surface area contributed by atoms with E-state index < -0.39 is 6.09 Å². The number of amides is 1. The van der Waals surface area contributed by atoms with Gasteiger partial charge in [-0.05, 0) is 25.0 Å². The van der Waals surface area contributed by atoms with Crippen molar-refractivity contribution in [3.63, 3.8) is 0 Å². The molecule has 1 aromatic rings. The van der Waals surface area contributed by atoms with Crippen LogP contribution in [0.3, 0.4) is 0 Å². The van der Waals surface area contributed by atoms with E-state index in [0.717, 1.165) is 11.1 Å². The van der Waals surface area contributed by atoms with Crippen LogP contribution in [-0.4, -0.2) is 18.3 Å². The summed E-state index contributed by atoms with van der Waals surface area (Å²) < 4.78 is 0. The Morgan fingerprint density at radius 2 is 2.18 bits per heavy atom. The smallest absolute Gasteiger partial charge is 0.325 e. The number of carbonyl (C=O) groups is 1. The molecule has 0 radical (unpaired) electrons. The summed E-state index contributed by atoms with van der Waals surface area (Å²) in [6, 6.07) is 7.81. The molecule has 0 heterocycles. The highest BCUT2D eigenvalue weighted by Crippen LogP contribution is 2.05. The quantitative estimate of drug-likeness (QED) is 0.472. The Balaban J connectivity index is 2.41. The van der Waals surface area contributed by atoms with Gasteiger partial charge in [-0.3, -0.25) is 4.84 Å². The Morgan fingerprint density at radius 1 is 1.47 bits per heavy atom. The molecule has 0 spiro atoms. The van der Waals surface area contributed by atoms with E-state index in [2.05, 4.69) is 15.3 Å². The van der Waals surface area contributed by atoms with Gasteiger partial charge in [-0.15, -0.1) is 0 Å². The predicted molar refractivity (Wildman–Crippen MR) is 66.7 cm³/mol. The van der Waals surface area contributed by atoms with Gasteiger partial charge >= 0.3 is 6.09 Å². The molecular formula is C12H17N3O2.